The SMILES string of the molecule is O=C(O)NC1CCC(N2CCCS2(O)O)CC1. The van der Waals surface area contributed by atoms with Gasteiger partial charge in [-0.15, -0.1) is 10.8 Å². The number of hydrogen-bond donors (Lipinski definition) is 4. The third-order valence-corrected chi connectivity index (χ3v) is 5.67. The van der Waals surface area contributed by atoms with Crippen LogP contribution in [0, 0.1) is 0 Å². The highest BCUT2D eigenvalue weighted by Crippen LogP contribution is 2.51. The summed E-state index contributed by atoms with van der Waals surface area (Å²) < 4.78 is 21.6. The molecule has 0 radical (unpaired) electrons. The molecule has 0 aromatic carbocycles. The number of nitrogens with one attached hydrogen (secondary N) is 1. The summed E-state index contributed by atoms with van der Waals surface area (Å²) in [4.78, 5) is 10.5. The Morgan fingerprint density at radius 3 is 2.35 bits per heavy atom. The molecule has 7 heteroatoms. The molecule has 4 N–H and O–H groups in total. The molecule has 0 aromatic rings. The van der Waals surface area contributed by atoms with E-state index in [4.69, 9.17) is 5.11 Å². The van der Waals surface area contributed by atoms with Crippen molar-refractivity contribution in [2.45, 2.75) is 44.2 Å². The third-order valence-electron chi connectivity index (χ3n) is 3.60. The summed E-state index contributed by atoms with van der Waals surface area (Å²) in [7, 11) is -2.53. The highest BCUT2D eigenvalue weighted by atomic mass is 32.3. The Hall–Kier alpha value is -0.500. The Bertz CT molecular complexity index is 292. The molecular weight excluding hydrogens is 244 g/mol. The fraction of sp³-hybridized carbons (Fsp3) is 0.900. The van der Waals surface area contributed by atoms with Crippen LogP contribution < -0.4 is 5.32 Å². The Kier molecular flexibility index (Phi) is 3.82. The van der Waals surface area contributed by atoms with Gasteiger partial charge >= 0.3 is 6.09 Å². The average molecular weight is 264 g/mol. The van der Waals surface area contributed by atoms with Gasteiger partial charge in [0, 0.05) is 18.6 Å². The summed E-state index contributed by atoms with van der Waals surface area (Å²) in [6.45, 7) is 0.754. The molecule has 1 heterocycles. The lowest BCUT2D eigenvalue weighted by Gasteiger charge is -2.44. The number of rotatable bonds is 2. The van der Waals surface area contributed by atoms with Crippen molar-refractivity contribution in [2.24, 2.45) is 0 Å². The molecule has 0 aromatic heterocycles. The minimum absolute atomic E-state index is 0.0214. The summed E-state index contributed by atoms with van der Waals surface area (Å²) in [6, 6.07) is 0.225. The van der Waals surface area contributed by atoms with Crippen molar-refractivity contribution in [2.75, 3.05) is 12.3 Å². The van der Waals surface area contributed by atoms with Gasteiger partial charge in [0.1, 0.15) is 0 Å². The third kappa shape index (κ3) is 3.04. The fourth-order valence-electron chi connectivity index (χ4n) is 2.78. The summed E-state index contributed by atoms with van der Waals surface area (Å²) in [5, 5.41) is 11.1. The average Bonchev–Trinajstić information content (AvgIpc) is 2.58. The molecule has 1 aliphatic heterocycles. The predicted molar refractivity (Wildman–Crippen MR) is 66.2 cm³/mol. The molecule has 2 rings (SSSR count). The fourth-order valence-corrected chi connectivity index (χ4v) is 4.64. The maximum absolute atomic E-state index is 10.5. The Morgan fingerprint density at radius 2 is 1.88 bits per heavy atom. The van der Waals surface area contributed by atoms with Crippen molar-refractivity contribution in [3.63, 3.8) is 0 Å². The van der Waals surface area contributed by atoms with Gasteiger partial charge in [-0.05, 0) is 32.1 Å². The molecule has 0 spiro atoms. The van der Waals surface area contributed by atoms with Crippen molar-refractivity contribution in [1.82, 2.24) is 9.62 Å². The molecule has 1 amide bonds. The number of nitrogens with zero attached hydrogens (tertiary/aromatic N) is 1. The molecule has 1 aliphatic carbocycles. The highest BCUT2D eigenvalue weighted by molar-refractivity contribution is 8.22. The van der Waals surface area contributed by atoms with E-state index >= 15 is 0 Å². The molecule has 0 unspecified atom stereocenters. The van der Waals surface area contributed by atoms with Crippen LogP contribution in [-0.2, 0) is 0 Å². The van der Waals surface area contributed by atoms with E-state index in [1.165, 1.54) is 0 Å². The lowest BCUT2D eigenvalue weighted by atomic mass is 9.91. The van der Waals surface area contributed by atoms with Gasteiger partial charge in [0.15, 0.2) is 0 Å². The maximum Gasteiger partial charge on any atom is 0.404 e. The summed E-state index contributed by atoms with van der Waals surface area (Å²) in [5.41, 5.74) is 0. The van der Waals surface area contributed by atoms with Crippen molar-refractivity contribution < 1.29 is 19.0 Å². The van der Waals surface area contributed by atoms with Gasteiger partial charge in [0.05, 0.1) is 5.75 Å². The van der Waals surface area contributed by atoms with Gasteiger partial charge < -0.3 is 10.4 Å². The number of carboxylic acid groups (broad SMARTS) is 1. The lowest BCUT2D eigenvalue weighted by Crippen LogP contribution is -2.43. The topological polar surface area (TPSA) is 93.0 Å². The van der Waals surface area contributed by atoms with Crippen molar-refractivity contribution in [3.05, 3.63) is 0 Å². The summed E-state index contributed by atoms with van der Waals surface area (Å²) >= 11 is 0. The van der Waals surface area contributed by atoms with Crippen LogP contribution in [0.5, 0.6) is 0 Å². The Balaban J connectivity index is 1.85. The molecule has 100 valence electrons. The minimum atomic E-state index is -2.53. The zero-order valence-corrected chi connectivity index (χ0v) is 10.5. The van der Waals surface area contributed by atoms with E-state index in [1.54, 1.807) is 0 Å². The smallest absolute Gasteiger partial charge is 0.404 e. The molecule has 1 saturated heterocycles. The van der Waals surface area contributed by atoms with Crippen LogP contribution in [0.4, 0.5) is 4.79 Å². The summed E-state index contributed by atoms with van der Waals surface area (Å²) in [6.07, 6.45) is 3.10. The zero-order valence-electron chi connectivity index (χ0n) is 9.71. The predicted octanol–water partition coefficient (Wildman–Crippen LogP) is 1.94. The van der Waals surface area contributed by atoms with Gasteiger partial charge in [-0.2, -0.15) is 0 Å². The van der Waals surface area contributed by atoms with E-state index < -0.39 is 16.9 Å². The molecular formula is C10H20N2O4S. The van der Waals surface area contributed by atoms with Crippen LogP contribution in [-0.4, -0.2) is 49.0 Å². The second-order valence-corrected chi connectivity index (χ2v) is 6.93. The van der Waals surface area contributed by atoms with E-state index in [2.05, 4.69) is 5.32 Å². The van der Waals surface area contributed by atoms with E-state index in [1.807, 2.05) is 4.31 Å². The van der Waals surface area contributed by atoms with Crippen LogP contribution in [0.3, 0.4) is 0 Å². The van der Waals surface area contributed by atoms with Crippen molar-refractivity contribution in [3.8, 4) is 0 Å². The second kappa shape index (κ2) is 5.01. The molecule has 0 atom stereocenters. The zero-order chi connectivity index (χ0) is 12.5. The standard InChI is InChI=1S/C10H20N2O4S/c13-10(14)11-8-2-4-9(5-3-8)12-6-1-7-17(12,15)16/h8-9,11,15-16H,1-7H2,(H,13,14). The summed E-state index contributed by atoms with van der Waals surface area (Å²) in [5.74, 6) is 0.486. The van der Waals surface area contributed by atoms with Crippen LogP contribution >= 0.6 is 10.8 Å². The van der Waals surface area contributed by atoms with Gasteiger partial charge in [-0.25, -0.2) is 9.10 Å². The molecule has 6 nitrogen and oxygen atoms in total. The van der Waals surface area contributed by atoms with Gasteiger partial charge in [0.25, 0.3) is 0 Å². The van der Waals surface area contributed by atoms with E-state index in [-0.39, 0.29) is 12.1 Å². The van der Waals surface area contributed by atoms with Crippen LogP contribution in [0.1, 0.15) is 32.1 Å². The first-order chi connectivity index (χ1) is 7.99. The normalized spacial score (nSPS) is 35.4. The molecule has 2 aliphatic rings. The van der Waals surface area contributed by atoms with E-state index in [0.29, 0.717) is 5.75 Å². The van der Waals surface area contributed by atoms with Crippen LogP contribution in [0.15, 0.2) is 0 Å². The van der Waals surface area contributed by atoms with Gasteiger partial charge in [0.2, 0.25) is 0 Å². The van der Waals surface area contributed by atoms with Crippen LogP contribution in [0.2, 0.25) is 0 Å². The van der Waals surface area contributed by atoms with Gasteiger partial charge in [-0.3, -0.25) is 9.11 Å². The monoisotopic (exact) mass is 264 g/mol. The first kappa shape index (κ1) is 12.9. The van der Waals surface area contributed by atoms with E-state index in [9.17, 15) is 13.9 Å². The first-order valence-corrected chi connectivity index (χ1v) is 7.68. The largest absolute Gasteiger partial charge is 0.465 e. The Morgan fingerprint density at radius 1 is 1.24 bits per heavy atom. The van der Waals surface area contributed by atoms with E-state index in [0.717, 1.165) is 38.6 Å². The first-order valence-electron chi connectivity index (χ1n) is 6.01. The quantitative estimate of drug-likeness (QED) is 0.611. The van der Waals surface area contributed by atoms with Crippen LogP contribution in [0.25, 0.3) is 0 Å². The Labute approximate surface area is 102 Å². The van der Waals surface area contributed by atoms with Crippen molar-refractivity contribution >= 4 is 16.9 Å². The van der Waals surface area contributed by atoms with Gasteiger partial charge in [-0.1, -0.05) is 0 Å². The molecule has 2 fully saturated rings. The minimum Gasteiger partial charge on any atom is -0.465 e. The lowest BCUT2D eigenvalue weighted by molar-refractivity contribution is 0.176. The number of carbonyl (C=O) groups is 1. The second-order valence-electron chi connectivity index (χ2n) is 4.79. The molecule has 17 heavy (non-hydrogen) atoms. The molecule has 0 bridgehead atoms. The highest BCUT2D eigenvalue weighted by Gasteiger charge is 2.36. The number of amides is 1. The molecule has 1 saturated carbocycles. The van der Waals surface area contributed by atoms with Crippen molar-refractivity contribution in [1.29, 1.82) is 0 Å². The maximum atomic E-state index is 10.5. The number of hydrogen-bond acceptors (Lipinski definition) is 4.